The van der Waals surface area contributed by atoms with Crippen LogP contribution in [-0.4, -0.2) is 0 Å². The number of aryl methyl sites for hydroxylation is 1. The van der Waals surface area contributed by atoms with Crippen molar-refractivity contribution in [1.82, 2.24) is 0 Å². The quantitative estimate of drug-likeness (QED) is 0.761. The van der Waals surface area contributed by atoms with Crippen LogP contribution in [0.15, 0.2) is 42.5 Å². The third-order valence-electron chi connectivity index (χ3n) is 3.02. The van der Waals surface area contributed by atoms with Crippen molar-refractivity contribution in [1.29, 1.82) is 0 Å². The average Bonchev–Trinajstić information content (AvgIpc) is 2.40. The second kappa shape index (κ2) is 6.83. The number of para-hydroxylation sites is 1. The van der Waals surface area contributed by atoms with E-state index >= 15 is 0 Å². The summed E-state index contributed by atoms with van der Waals surface area (Å²) in [5.41, 5.74) is 3.57. The SMILES string of the molecule is CCCc1ccccc1NCc1ccc(Cl)cc1Cl. The van der Waals surface area contributed by atoms with Crippen molar-refractivity contribution in [3.63, 3.8) is 0 Å². The van der Waals surface area contributed by atoms with E-state index in [1.807, 2.05) is 18.2 Å². The lowest BCUT2D eigenvalue weighted by Crippen LogP contribution is -2.02. The summed E-state index contributed by atoms with van der Waals surface area (Å²) < 4.78 is 0. The monoisotopic (exact) mass is 293 g/mol. The molecule has 0 heterocycles. The fraction of sp³-hybridized carbons (Fsp3) is 0.250. The summed E-state index contributed by atoms with van der Waals surface area (Å²) in [6.45, 7) is 2.89. The Bertz CT molecular complexity index is 552. The van der Waals surface area contributed by atoms with Crippen LogP contribution in [0.5, 0.6) is 0 Å². The molecule has 1 nitrogen and oxygen atoms in total. The van der Waals surface area contributed by atoms with Crippen LogP contribution < -0.4 is 5.32 Å². The Morgan fingerprint density at radius 2 is 1.79 bits per heavy atom. The number of hydrogen-bond acceptors (Lipinski definition) is 1. The Balaban J connectivity index is 2.10. The van der Waals surface area contributed by atoms with Crippen molar-refractivity contribution < 1.29 is 0 Å². The minimum atomic E-state index is 0.667. The summed E-state index contributed by atoms with van der Waals surface area (Å²) in [7, 11) is 0. The maximum atomic E-state index is 6.17. The van der Waals surface area contributed by atoms with Gasteiger partial charge in [0, 0.05) is 22.3 Å². The molecule has 0 fully saturated rings. The van der Waals surface area contributed by atoms with Crippen LogP contribution in [0.2, 0.25) is 10.0 Å². The molecule has 0 aromatic heterocycles. The summed E-state index contributed by atoms with van der Waals surface area (Å²) in [4.78, 5) is 0. The highest BCUT2D eigenvalue weighted by atomic mass is 35.5. The van der Waals surface area contributed by atoms with Crippen LogP contribution in [0.25, 0.3) is 0 Å². The van der Waals surface area contributed by atoms with Gasteiger partial charge in [0.15, 0.2) is 0 Å². The van der Waals surface area contributed by atoms with Gasteiger partial charge in [-0.2, -0.15) is 0 Å². The fourth-order valence-corrected chi connectivity index (χ4v) is 2.51. The molecule has 19 heavy (non-hydrogen) atoms. The van der Waals surface area contributed by atoms with E-state index in [4.69, 9.17) is 23.2 Å². The molecule has 3 heteroatoms. The third-order valence-corrected chi connectivity index (χ3v) is 3.61. The molecule has 2 aromatic rings. The number of hydrogen-bond donors (Lipinski definition) is 1. The number of rotatable bonds is 5. The van der Waals surface area contributed by atoms with E-state index in [0.29, 0.717) is 16.6 Å². The Morgan fingerprint density at radius 1 is 1.00 bits per heavy atom. The van der Waals surface area contributed by atoms with Gasteiger partial charge in [-0.1, -0.05) is 60.8 Å². The maximum Gasteiger partial charge on any atom is 0.0470 e. The zero-order valence-electron chi connectivity index (χ0n) is 10.9. The van der Waals surface area contributed by atoms with E-state index in [0.717, 1.165) is 18.4 Å². The number of anilines is 1. The molecule has 0 amide bonds. The van der Waals surface area contributed by atoms with Crippen LogP contribution >= 0.6 is 23.2 Å². The molecule has 0 spiro atoms. The lowest BCUT2D eigenvalue weighted by atomic mass is 10.1. The Hall–Kier alpha value is -1.18. The molecule has 0 saturated heterocycles. The minimum absolute atomic E-state index is 0.667. The second-order valence-electron chi connectivity index (χ2n) is 4.50. The molecule has 2 aromatic carbocycles. The summed E-state index contributed by atoms with van der Waals surface area (Å²) in [6.07, 6.45) is 2.22. The largest absolute Gasteiger partial charge is 0.381 e. The molecule has 0 aliphatic carbocycles. The molecule has 0 unspecified atom stereocenters. The number of nitrogens with one attached hydrogen (secondary N) is 1. The van der Waals surface area contributed by atoms with Gasteiger partial charge >= 0.3 is 0 Å². The molecule has 0 aliphatic heterocycles. The van der Waals surface area contributed by atoms with E-state index in [9.17, 15) is 0 Å². The van der Waals surface area contributed by atoms with Crippen LogP contribution in [0.3, 0.4) is 0 Å². The highest BCUT2D eigenvalue weighted by Gasteiger charge is 2.03. The maximum absolute atomic E-state index is 6.17. The molecular formula is C16H17Cl2N. The van der Waals surface area contributed by atoms with Crippen LogP contribution in [0.1, 0.15) is 24.5 Å². The highest BCUT2D eigenvalue weighted by Crippen LogP contribution is 2.23. The van der Waals surface area contributed by atoms with Gasteiger partial charge in [-0.25, -0.2) is 0 Å². The van der Waals surface area contributed by atoms with E-state index < -0.39 is 0 Å². The molecular weight excluding hydrogens is 277 g/mol. The van der Waals surface area contributed by atoms with Gasteiger partial charge in [0.2, 0.25) is 0 Å². The summed E-state index contributed by atoms with van der Waals surface area (Å²) >= 11 is 12.1. The van der Waals surface area contributed by atoms with Gasteiger partial charge in [0.25, 0.3) is 0 Å². The smallest absolute Gasteiger partial charge is 0.0470 e. The number of halogens is 2. The van der Waals surface area contributed by atoms with Crippen LogP contribution in [0, 0.1) is 0 Å². The zero-order valence-corrected chi connectivity index (χ0v) is 12.4. The topological polar surface area (TPSA) is 12.0 Å². The Morgan fingerprint density at radius 3 is 2.53 bits per heavy atom. The molecule has 100 valence electrons. The van der Waals surface area contributed by atoms with Crippen molar-refractivity contribution in [2.45, 2.75) is 26.3 Å². The predicted octanol–water partition coefficient (Wildman–Crippen LogP) is 5.56. The zero-order chi connectivity index (χ0) is 13.7. The highest BCUT2D eigenvalue weighted by molar-refractivity contribution is 6.35. The lowest BCUT2D eigenvalue weighted by molar-refractivity contribution is 0.919. The minimum Gasteiger partial charge on any atom is -0.381 e. The van der Waals surface area contributed by atoms with Crippen LogP contribution in [-0.2, 0) is 13.0 Å². The summed E-state index contributed by atoms with van der Waals surface area (Å²) in [5.74, 6) is 0. The summed E-state index contributed by atoms with van der Waals surface area (Å²) in [6, 6.07) is 14.0. The first-order valence-electron chi connectivity index (χ1n) is 6.46. The Kier molecular flexibility index (Phi) is 5.12. The van der Waals surface area contributed by atoms with Gasteiger partial charge in [0.05, 0.1) is 0 Å². The van der Waals surface area contributed by atoms with E-state index in [1.165, 1.54) is 11.3 Å². The molecule has 1 N–H and O–H groups in total. The van der Waals surface area contributed by atoms with Crippen LogP contribution in [0.4, 0.5) is 5.69 Å². The first-order chi connectivity index (χ1) is 9.20. The van der Waals surface area contributed by atoms with Crippen molar-refractivity contribution >= 4 is 28.9 Å². The van der Waals surface area contributed by atoms with E-state index in [2.05, 4.69) is 30.4 Å². The summed E-state index contributed by atoms with van der Waals surface area (Å²) in [5, 5.41) is 4.82. The molecule has 0 bridgehead atoms. The molecule has 0 atom stereocenters. The van der Waals surface area contributed by atoms with Crippen molar-refractivity contribution in [3.8, 4) is 0 Å². The first-order valence-corrected chi connectivity index (χ1v) is 7.22. The third kappa shape index (κ3) is 3.89. The fourth-order valence-electron chi connectivity index (χ4n) is 2.04. The Labute approximate surface area is 124 Å². The number of benzene rings is 2. The average molecular weight is 294 g/mol. The van der Waals surface area contributed by atoms with Gasteiger partial charge in [-0.15, -0.1) is 0 Å². The molecule has 0 radical (unpaired) electrons. The standard InChI is InChI=1S/C16H17Cl2N/c1-2-5-12-6-3-4-7-16(12)19-11-13-8-9-14(17)10-15(13)18/h3-4,6-10,19H,2,5,11H2,1H3. The lowest BCUT2D eigenvalue weighted by Gasteiger charge is -2.12. The van der Waals surface area contributed by atoms with E-state index in [1.54, 1.807) is 6.07 Å². The van der Waals surface area contributed by atoms with Gasteiger partial charge in [-0.3, -0.25) is 0 Å². The van der Waals surface area contributed by atoms with Crippen molar-refractivity contribution in [2.75, 3.05) is 5.32 Å². The first kappa shape index (κ1) is 14.2. The van der Waals surface area contributed by atoms with Crippen molar-refractivity contribution in [2.24, 2.45) is 0 Å². The second-order valence-corrected chi connectivity index (χ2v) is 5.34. The molecule has 0 aliphatic rings. The predicted molar refractivity (Wildman–Crippen MR) is 84.2 cm³/mol. The normalized spacial score (nSPS) is 10.5. The van der Waals surface area contributed by atoms with Gasteiger partial charge in [0.1, 0.15) is 0 Å². The van der Waals surface area contributed by atoms with Crippen molar-refractivity contribution in [3.05, 3.63) is 63.6 Å². The van der Waals surface area contributed by atoms with E-state index in [-0.39, 0.29) is 0 Å². The van der Waals surface area contributed by atoms with Gasteiger partial charge < -0.3 is 5.32 Å². The molecule has 2 rings (SSSR count). The molecule has 0 saturated carbocycles. The van der Waals surface area contributed by atoms with Gasteiger partial charge in [-0.05, 0) is 35.7 Å².